The van der Waals surface area contributed by atoms with Crippen LogP contribution < -0.4 is 19.6 Å². The summed E-state index contributed by atoms with van der Waals surface area (Å²) in [5.74, 6) is -1.10. The van der Waals surface area contributed by atoms with Gasteiger partial charge in [0.05, 0.1) is 32.9 Å². The highest BCUT2D eigenvalue weighted by Gasteiger charge is 2.45. The van der Waals surface area contributed by atoms with Crippen molar-refractivity contribution in [3.8, 4) is 11.5 Å². The number of alkyl halides is 3. The van der Waals surface area contributed by atoms with Gasteiger partial charge in [-0.15, -0.1) is 0 Å². The highest BCUT2D eigenvalue weighted by molar-refractivity contribution is 14.1. The monoisotopic (exact) mass is 678 g/mol. The molecule has 0 saturated carbocycles. The number of aromatic hydroxyl groups is 1. The first-order chi connectivity index (χ1) is 18.0. The van der Waals surface area contributed by atoms with Gasteiger partial charge < -0.3 is 14.6 Å². The highest BCUT2D eigenvalue weighted by Crippen LogP contribution is 2.38. The zero-order chi connectivity index (χ0) is 27.8. The van der Waals surface area contributed by atoms with Crippen LogP contribution in [0.5, 0.6) is 11.5 Å². The van der Waals surface area contributed by atoms with Crippen LogP contribution in [0.4, 0.5) is 13.2 Å². The molecule has 13 heteroatoms. The summed E-state index contributed by atoms with van der Waals surface area (Å²) in [6, 6.07) is 7.45. The summed E-state index contributed by atoms with van der Waals surface area (Å²) in [4.78, 5) is 30.0. The van der Waals surface area contributed by atoms with E-state index in [1.54, 1.807) is 13.0 Å². The summed E-state index contributed by atoms with van der Waals surface area (Å²) in [5, 5.41) is 10.6. The predicted octanol–water partition coefficient (Wildman–Crippen LogP) is 4.70. The lowest BCUT2D eigenvalue weighted by Crippen LogP contribution is -2.41. The molecular formula is C25H19ClF3IN2O5S. The predicted molar refractivity (Wildman–Crippen MR) is 144 cm³/mol. The second-order valence-corrected chi connectivity index (χ2v) is 10.5. The van der Waals surface area contributed by atoms with Gasteiger partial charge in [-0.1, -0.05) is 35.1 Å². The maximum atomic E-state index is 14.2. The summed E-state index contributed by atoms with van der Waals surface area (Å²) >= 11 is 8.63. The van der Waals surface area contributed by atoms with Crippen molar-refractivity contribution in [1.82, 2.24) is 4.57 Å². The average molecular weight is 679 g/mol. The van der Waals surface area contributed by atoms with Gasteiger partial charge in [0.1, 0.15) is 0 Å². The number of esters is 1. The number of phenols is 1. The topological polar surface area (TPSA) is 90.1 Å². The van der Waals surface area contributed by atoms with Crippen LogP contribution in [0.3, 0.4) is 0 Å². The van der Waals surface area contributed by atoms with Crippen LogP contribution in [-0.2, 0) is 9.53 Å². The molecule has 0 amide bonds. The number of nitrogens with zero attached hydrogens (tertiary/aromatic N) is 2. The molecule has 0 unspecified atom stereocenters. The van der Waals surface area contributed by atoms with Crippen molar-refractivity contribution in [1.29, 1.82) is 0 Å². The standard InChI is InChI=1S/C25H19ClF3IN2O5S/c1-3-36-16-10-12(9-15(30)20(16)33)11-17-22(34)32-19(13-5-7-14(26)8-6-13)18(23(35)37-4-2)21(25(27,28)29)31-24(32)38-17/h5-11,19,33H,3-4H2,1-2H3/b17-11-/t19-/m0/s1. The normalized spacial score (nSPS) is 15.8. The molecule has 0 saturated heterocycles. The van der Waals surface area contributed by atoms with Gasteiger partial charge in [-0.05, 0) is 77.9 Å². The minimum absolute atomic E-state index is 0.0669. The van der Waals surface area contributed by atoms with Gasteiger partial charge >= 0.3 is 12.1 Å². The second-order valence-electron chi connectivity index (χ2n) is 7.90. The van der Waals surface area contributed by atoms with E-state index in [-0.39, 0.29) is 39.6 Å². The van der Waals surface area contributed by atoms with E-state index in [4.69, 9.17) is 21.1 Å². The largest absolute Gasteiger partial charge is 0.504 e. The molecule has 0 fully saturated rings. The summed E-state index contributed by atoms with van der Waals surface area (Å²) in [6.45, 7) is 3.32. The van der Waals surface area contributed by atoms with E-state index < -0.39 is 35.0 Å². The van der Waals surface area contributed by atoms with Crippen molar-refractivity contribution in [2.45, 2.75) is 26.1 Å². The zero-order valence-electron chi connectivity index (χ0n) is 19.8. The highest BCUT2D eigenvalue weighted by atomic mass is 127. The Morgan fingerprint density at radius 3 is 2.53 bits per heavy atom. The Bertz CT molecular complexity index is 1610. The molecule has 1 aliphatic rings. The Hall–Kier alpha value is -2.84. The molecular weight excluding hydrogens is 660 g/mol. The molecule has 0 spiro atoms. The molecule has 0 aliphatic carbocycles. The minimum atomic E-state index is -5.00. The van der Waals surface area contributed by atoms with E-state index in [0.29, 0.717) is 14.2 Å². The molecule has 200 valence electrons. The maximum Gasteiger partial charge on any atom is 0.434 e. The van der Waals surface area contributed by atoms with Crippen LogP contribution >= 0.6 is 45.5 Å². The van der Waals surface area contributed by atoms with E-state index in [1.807, 2.05) is 22.6 Å². The Kier molecular flexibility index (Phi) is 8.23. The molecule has 2 heterocycles. The molecule has 4 rings (SSSR count). The number of benzene rings is 2. The molecule has 1 aliphatic heterocycles. The molecule has 38 heavy (non-hydrogen) atoms. The van der Waals surface area contributed by atoms with E-state index in [2.05, 4.69) is 4.99 Å². The van der Waals surface area contributed by atoms with Crippen LogP contribution in [0, 0.1) is 3.57 Å². The summed E-state index contributed by atoms with van der Waals surface area (Å²) < 4.78 is 54.5. The summed E-state index contributed by atoms with van der Waals surface area (Å²) in [5.41, 5.74) is -2.18. The van der Waals surface area contributed by atoms with Crippen molar-refractivity contribution >= 4 is 57.6 Å². The number of aromatic nitrogens is 1. The Labute approximate surface area is 236 Å². The fourth-order valence-corrected chi connectivity index (χ4v) is 5.65. The lowest BCUT2D eigenvalue weighted by atomic mass is 9.95. The number of allylic oxidation sites excluding steroid dienone is 1. The Balaban J connectivity index is 2.02. The van der Waals surface area contributed by atoms with Crippen molar-refractivity contribution in [2.24, 2.45) is 4.99 Å². The van der Waals surface area contributed by atoms with Gasteiger partial charge in [0.25, 0.3) is 5.56 Å². The average Bonchev–Trinajstić information content (AvgIpc) is 3.16. The molecule has 1 atom stereocenters. The van der Waals surface area contributed by atoms with Gasteiger partial charge in [0.15, 0.2) is 22.0 Å². The van der Waals surface area contributed by atoms with E-state index >= 15 is 0 Å². The number of fused-ring (bicyclic) bond motifs is 1. The Morgan fingerprint density at radius 1 is 1.24 bits per heavy atom. The Morgan fingerprint density at radius 2 is 1.92 bits per heavy atom. The van der Waals surface area contributed by atoms with Crippen LogP contribution in [0.1, 0.15) is 31.0 Å². The third-order valence-corrected chi connectivity index (χ3v) is 7.49. The van der Waals surface area contributed by atoms with Gasteiger partial charge in [-0.25, -0.2) is 9.79 Å². The van der Waals surface area contributed by atoms with Crippen molar-refractivity contribution < 1.29 is 32.5 Å². The van der Waals surface area contributed by atoms with Crippen LogP contribution in [0.25, 0.3) is 6.08 Å². The number of halogens is 5. The van der Waals surface area contributed by atoms with E-state index in [1.165, 1.54) is 43.3 Å². The molecule has 2 aromatic carbocycles. The van der Waals surface area contributed by atoms with Crippen molar-refractivity contribution in [2.75, 3.05) is 13.2 Å². The molecule has 7 nitrogen and oxygen atoms in total. The first-order valence-electron chi connectivity index (χ1n) is 11.2. The van der Waals surface area contributed by atoms with Gasteiger partial charge in [0, 0.05) is 5.02 Å². The van der Waals surface area contributed by atoms with Gasteiger partial charge in [-0.3, -0.25) is 9.36 Å². The molecule has 3 aromatic rings. The molecule has 1 N–H and O–H groups in total. The summed E-state index contributed by atoms with van der Waals surface area (Å²) in [6.07, 6.45) is -3.53. The first-order valence-corrected chi connectivity index (χ1v) is 13.4. The lowest BCUT2D eigenvalue weighted by molar-refractivity contribution is -0.140. The van der Waals surface area contributed by atoms with Crippen LogP contribution in [0.15, 0.2) is 57.5 Å². The van der Waals surface area contributed by atoms with Gasteiger partial charge in [0.2, 0.25) is 0 Å². The van der Waals surface area contributed by atoms with Crippen LogP contribution in [-0.4, -0.2) is 35.0 Å². The number of ether oxygens (including phenoxy) is 2. The van der Waals surface area contributed by atoms with Crippen LogP contribution in [0.2, 0.25) is 5.02 Å². The van der Waals surface area contributed by atoms with Gasteiger partial charge in [-0.2, -0.15) is 13.2 Å². The number of phenolic OH excluding ortho intramolecular Hbond substituents is 1. The fourth-order valence-electron chi connectivity index (χ4n) is 3.89. The fraction of sp³-hybridized carbons (Fsp3) is 0.240. The second kappa shape index (κ2) is 11.1. The number of carbonyl (C=O) groups is 1. The third kappa shape index (κ3) is 5.47. The minimum Gasteiger partial charge on any atom is -0.504 e. The lowest BCUT2D eigenvalue weighted by Gasteiger charge is -2.26. The van der Waals surface area contributed by atoms with E-state index in [0.717, 1.165) is 15.9 Å². The molecule has 1 aromatic heterocycles. The first kappa shape index (κ1) is 28.2. The zero-order valence-corrected chi connectivity index (χ0v) is 23.5. The van der Waals surface area contributed by atoms with E-state index in [9.17, 15) is 27.9 Å². The maximum absolute atomic E-state index is 14.2. The van der Waals surface area contributed by atoms with Crippen molar-refractivity contribution in [3.05, 3.63) is 87.1 Å². The number of carbonyl (C=O) groups excluding carboxylic acids is 1. The SMILES string of the molecule is CCOC(=O)C1=C(C(F)(F)F)N=c2s/c(=C\c3cc(I)c(O)c(OCC)c3)c(=O)n2[C@H]1c1ccc(Cl)cc1. The number of hydrogen-bond donors (Lipinski definition) is 1. The summed E-state index contributed by atoms with van der Waals surface area (Å²) in [7, 11) is 0. The van der Waals surface area contributed by atoms with Crippen molar-refractivity contribution in [3.63, 3.8) is 0 Å². The number of rotatable bonds is 6. The number of thiazole rings is 1. The number of hydrogen-bond acceptors (Lipinski definition) is 7. The smallest absolute Gasteiger partial charge is 0.434 e. The quantitative estimate of drug-likeness (QED) is 0.302. The third-order valence-electron chi connectivity index (χ3n) is 5.43. The molecule has 0 bridgehead atoms. The molecule has 0 radical (unpaired) electrons.